The van der Waals surface area contributed by atoms with E-state index in [2.05, 4.69) is 60.0 Å². The number of hydrogen-bond acceptors (Lipinski definition) is 7. The van der Waals surface area contributed by atoms with E-state index in [1.165, 1.54) is 11.1 Å². The van der Waals surface area contributed by atoms with Gasteiger partial charge in [-0.25, -0.2) is 4.98 Å². The number of piperidine rings is 1. The summed E-state index contributed by atoms with van der Waals surface area (Å²) in [6, 6.07) is 9.03. The number of hydrogen-bond donors (Lipinski definition) is 3. The van der Waals surface area contributed by atoms with Crippen LogP contribution in [0.2, 0.25) is 0 Å². The van der Waals surface area contributed by atoms with Crippen molar-refractivity contribution in [1.29, 1.82) is 0 Å². The lowest BCUT2D eigenvalue weighted by Gasteiger charge is -2.31. The minimum absolute atomic E-state index is 0.143. The second-order valence-corrected chi connectivity index (χ2v) is 9.03. The summed E-state index contributed by atoms with van der Waals surface area (Å²) in [5, 5.41) is 15.2. The molecule has 9 heteroatoms. The van der Waals surface area contributed by atoms with Crippen LogP contribution in [0.3, 0.4) is 0 Å². The van der Waals surface area contributed by atoms with Crippen molar-refractivity contribution in [2.24, 2.45) is 0 Å². The third-order valence-corrected chi connectivity index (χ3v) is 6.74. The molecule has 0 spiro atoms. The van der Waals surface area contributed by atoms with Crippen molar-refractivity contribution in [2.45, 2.75) is 45.2 Å². The van der Waals surface area contributed by atoms with Crippen LogP contribution >= 0.6 is 0 Å². The van der Waals surface area contributed by atoms with Gasteiger partial charge in [0.25, 0.3) is 0 Å². The zero-order valence-electron chi connectivity index (χ0n) is 19.2. The number of amides is 1. The number of aromatic amines is 1. The van der Waals surface area contributed by atoms with Crippen LogP contribution in [-0.4, -0.2) is 74.6 Å². The zero-order chi connectivity index (χ0) is 22.6. The van der Waals surface area contributed by atoms with Crippen LogP contribution in [0.4, 0.5) is 11.8 Å². The van der Waals surface area contributed by atoms with Gasteiger partial charge in [0.1, 0.15) is 0 Å². The molecule has 0 saturated carbocycles. The fourth-order valence-electron chi connectivity index (χ4n) is 4.79. The Bertz CT molecular complexity index is 1100. The van der Waals surface area contributed by atoms with Crippen LogP contribution in [0, 0.1) is 0 Å². The highest BCUT2D eigenvalue weighted by Crippen LogP contribution is 2.21. The number of nitrogens with zero attached hydrogens (tertiary/aromatic N) is 5. The van der Waals surface area contributed by atoms with Gasteiger partial charge >= 0.3 is 0 Å². The van der Waals surface area contributed by atoms with Crippen LogP contribution in [-0.2, 0) is 17.8 Å². The minimum Gasteiger partial charge on any atom is -0.368 e. The first-order chi connectivity index (χ1) is 16.2. The number of fused-ring (bicyclic) bond motifs is 2. The van der Waals surface area contributed by atoms with Crippen molar-refractivity contribution in [2.75, 3.05) is 43.4 Å². The Morgan fingerprint density at radius 1 is 1.18 bits per heavy atom. The molecule has 1 amide bonds. The lowest BCUT2D eigenvalue weighted by Crippen LogP contribution is -2.41. The van der Waals surface area contributed by atoms with Gasteiger partial charge < -0.3 is 15.5 Å². The normalized spacial score (nSPS) is 17.2. The Balaban J connectivity index is 1.10. The van der Waals surface area contributed by atoms with Crippen molar-refractivity contribution >= 4 is 28.7 Å². The van der Waals surface area contributed by atoms with E-state index in [1.807, 2.05) is 11.1 Å². The fraction of sp³-hybridized carbons (Fsp3) is 0.500. The molecule has 2 aromatic heterocycles. The van der Waals surface area contributed by atoms with Crippen molar-refractivity contribution in [3.8, 4) is 0 Å². The average molecular weight is 449 g/mol. The Hall–Kier alpha value is -3.20. The van der Waals surface area contributed by atoms with E-state index >= 15 is 0 Å². The Kier molecular flexibility index (Phi) is 6.39. The van der Waals surface area contributed by atoms with Crippen molar-refractivity contribution in [1.82, 2.24) is 30.0 Å². The molecule has 2 aliphatic rings. The van der Waals surface area contributed by atoms with Gasteiger partial charge in [-0.05, 0) is 36.8 Å². The van der Waals surface area contributed by atoms with Crippen molar-refractivity contribution < 1.29 is 4.79 Å². The molecule has 1 fully saturated rings. The number of likely N-dealkylation sites (tertiary alicyclic amines) is 1. The average Bonchev–Trinajstić information content (AvgIpc) is 3.24. The Morgan fingerprint density at radius 2 is 2.00 bits per heavy atom. The van der Waals surface area contributed by atoms with Crippen molar-refractivity contribution in [3.05, 3.63) is 41.6 Å². The molecule has 0 bridgehead atoms. The van der Waals surface area contributed by atoms with Crippen LogP contribution in [0.5, 0.6) is 0 Å². The molecule has 2 aliphatic heterocycles. The van der Waals surface area contributed by atoms with Gasteiger partial charge in [-0.1, -0.05) is 24.3 Å². The second kappa shape index (κ2) is 9.74. The second-order valence-electron chi connectivity index (χ2n) is 9.03. The molecule has 174 valence electrons. The number of rotatable bonds is 7. The number of carbonyl (C=O) groups excluding carboxylic acids is 1. The molecule has 4 heterocycles. The third kappa shape index (κ3) is 5.08. The highest BCUT2D eigenvalue weighted by atomic mass is 16.2. The van der Waals surface area contributed by atoms with E-state index in [0.717, 1.165) is 81.8 Å². The summed E-state index contributed by atoms with van der Waals surface area (Å²) < 4.78 is 0. The van der Waals surface area contributed by atoms with Crippen LogP contribution < -0.4 is 10.6 Å². The highest BCUT2D eigenvalue weighted by molar-refractivity contribution is 5.86. The van der Waals surface area contributed by atoms with Gasteiger partial charge in [0.05, 0.1) is 5.39 Å². The van der Waals surface area contributed by atoms with E-state index in [4.69, 9.17) is 0 Å². The summed E-state index contributed by atoms with van der Waals surface area (Å²) in [7, 11) is 0. The van der Waals surface area contributed by atoms with Gasteiger partial charge in [-0.2, -0.15) is 10.1 Å². The highest BCUT2D eigenvalue weighted by Gasteiger charge is 2.21. The van der Waals surface area contributed by atoms with Crippen LogP contribution in [0.1, 0.15) is 37.3 Å². The van der Waals surface area contributed by atoms with Crippen LogP contribution in [0.15, 0.2) is 30.5 Å². The third-order valence-electron chi connectivity index (χ3n) is 6.74. The number of benzene rings is 1. The molecule has 0 radical (unpaired) electrons. The number of H-pyrrole nitrogens is 1. The first-order valence-corrected chi connectivity index (χ1v) is 11.9. The monoisotopic (exact) mass is 448 g/mol. The van der Waals surface area contributed by atoms with Gasteiger partial charge in [-0.3, -0.25) is 14.8 Å². The molecule has 9 nitrogen and oxygen atoms in total. The first-order valence-electron chi connectivity index (χ1n) is 11.9. The number of nitrogens with one attached hydrogen (secondary N) is 3. The van der Waals surface area contributed by atoms with Crippen molar-refractivity contribution in [3.63, 3.8) is 0 Å². The van der Waals surface area contributed by atoms with Gasteiger partial charge in [0.2, 0.25) is 11.9 Å². The summed E-state index contributed by atoms with van der Waals surface area (Å²) >= 11 is 0. The molecular weight excluding hydrogens is 416 g/mol. The predicted molar refractivity (Wildman–Crippen MR) is 129 cm³/mol. The fourth-order valence-corrected chi connectivity index (χ4v) is 4.79. The predicted octanol–water partition coefficient (Wildman–Crippen LogP) is 2.64. The molecule has 0 aliphatic carbocycles. The maximum Gasteiger partial charge on any atom is 0.224 e. The molecular formula is C24H32N8O. The number of aromatic nitrogens is 4. The summed E-state index contributed by atoms with van der Waals surface area (Å²) in [4.78, 5) is 25.0. The largest absolute Gasteiger partial charge is 0.368 e. The maximum absolute atomic E-state index is 11.5. The summed E-state index contributed by atoms with van der Waals surface area (Å²) in [6.45, 7) is 7.26. The standard InChI is InChI=1S/C24H32N8O/c1-17(33)32-13-8-20(9-14-32)27-24-26-15-21-22(29-30-23(21)28-24)25-10-4-11-31-12-7-18-5-2-3-6-19(18)16-31/h2-3,5-6,15,20H,4,7-14,16H2,1H3,(H3,25,26,27,28,29,30). The molecule has 3 aromatic rings. The molecule has 1 aromatic carbocycles. The Morgan fingerprint density at radius 3 is 2.82 bits per heavy atom. The lowest BCUT2D eigenvalue weighted by atomic mass is 10.00. The topological polar surface area (TPSA) is 102 Å². The van der Waals surface area contributed by atoms with Gasteiger partial charge in [0.15, 0.2) is 11.5 Å². The molecule has 0 unspecified atom stereocenters. The zero-order valence-corrected chi connectivity index (χ0v) is 19.2. The summed E-state index contributed by atoms with van der Waals surface area (Å²) in [6.07, 6.45) is 5.81. The van der Waals surface area contributed by atoms with E-state index in [9.17, 15) is 4.79 Å². The SMILES string of the molecule is CC(=O)N1CCC(Nc2ncc3c(NCCCN4CCc5ccccc5C4)n[nH]c3n2)CC1. The molecule has 1 saturated heterocycles. The smallest absolute Gasteiger partial charge is 0.224 e. The lowest BCUT2D eigenvalue weighted by molar-refractivity contribution is -0.129. The van der Waals surface area contributed by atoms with Crippen LogP contribution in [0.25, 0.3) is 11.0 Å². The number of anilines is 2. The van der Waals surface area contributed by atoms with E-state index in [1.54, 1.807) is 6.92 Å². The minimum atomic E-state index is 0.143. The van der Waals surface area contributed by atoms with Gasteiger partial charge in [-0.15, -0.1) is 0 Å². The summed E-state index contributed by atoms with van der Waals surface area (Å²) in [5.74, 6) is 1.55. The quantitative estimate of drug-likeness (QED) is 0.478. The van der Waals surface area contributed by atoms with Gasteiger partial charge in [0, 0.05) is 58.4 Å². The molecule has 0 atom stereocenters. The summed E-state index contributed by atoms with van der Waals surface area (Å²) in [5.41, 5.74) is 3.68. The van der Waals surface area contributed by atoms with E-state index in [-0.39, 0.29) is 11.9 Å². The van der Waals surface area contributed by atoms with E-state index < -0.39 is 0 Å². The molecule has 5 rings (SSSR count). The number of carbonyl (C=O) groups is 1. The molecule has 33 heavy (non-hydrogen) atoms. The Labute approximate surface area is 194 Å². The molecule has 3 N–H and O–H groups in total. The first kappa shape index (κ1) is 21.6. The maximum atomic E-state index is 11.5. The van der Waals surface area contributed by atoms with E-state index in [0.29, 0.717) is 5.95 Å².